The topological polar surface area (TPSA) is 105 Å². The monoisotopic (exact) mass is 502 g/mol. The van der Waals surface area contributed by atoms with E-state index in [-0.39, 0.29) is 22.6 Å². The summed E-state index contributed by atoms with van der Waals surface area (Å²) in [4.78, 5) is 18.6. The van der Waals surface area contributed by atoms with Gasteiger partial charge in [0.05, 0.1) is 9.77 Å². The van der Waals surface area contributed by atoms with E-state index in [2.05, 4.69) is 15.5 Å². The molecule has 1 aromatic carbocycles. The van der Waals surface area contributed by atoms with E-state index in [1.165, 1.54) is 21.2 Å². The van der Waals surface area contributed by atoms with E-state index in [0.717, 1.165) is 5.56 Å². The SMILES string of the molecule is Cc1ccc(CNC(=O)C2CCN(S(=O)(=O)c3cc(-c4noc(C(C)C)n4)sc3C)CC2)cc1. The summed E-state index contributed by atoms with van der Waals surface area (Å²) in [5, 5.41) is 6.99. The maximum Gasteiger partial charge on any atom is 0.244 e. The summed E-state index contributed by atoms with van der Waals surface area (Å²) in [5.74, 6) is 0.811. The van der Waals surface area contributed by atoms with Crippen LogP contribution >= 0.6 is 11.3 Å². The van der Waals surface area contributed by atoms with Crippen LogP contribution in [0, 0.1) is 19.8 Å². The van der Waals surface area contributed by atoms with Crippen LogP contribution in [0.4, 0.5) is 0 Å². The lowest BCUT2D eigenvalue weighted by Gasteiger charge is -2.30. The number of hydrogen-bond donors (Lipinski definition) is 1. The van der Waals surface area contributed by atoms with Gasteiger partial charge in [0.15, 0.2) is 0 Å². The van der Waals surface area contributed by atoms with Crippen molar-refractivity contribution >= 4 is 27.3 Å². The molecule has 1 N–H and O–H groups in total. The van der Waals surface area contributed by atoms with E-state index in [0.29, 0.717) is 53.9 Å². The molecule has 1 aliphatic heterocycles. The number of piperidine rings is 1. The minimum atomic E-state index is -3.67. The third-order valence-electron chi connectivity index (χ3n) is 6.06. The van der Waals surface area contributed by atoms with Crippen molar-refractivity contribution in [3.8, 4) is 10.7 Å². The maximum atomic E-state index is 13.3. The fraction of sp³-hybridized carbons (Fsp3) is 0.458. The molecule has 0 spiro atoms. The van der Waals surface area contributed by atoms with Crippen LogP contribution in [0.15, 0.2) is 39.8 Å². The van der Waals surface area contributed by atoms with Gasteiger partial charge < -0.3 is 9.84 Å². The van der Waals surface area contributed by atoms with Gasteiger partial charge in [-0.3, -0.25) is 4.79 Å². The summed E-state index contributed by atoms with van der Waals surface area (Å²) in [6.07, 6.45) is 0.995. The molecular weight excluding hydrogens is 472 g/mol. The molecule has 3 heterocycles. The van der Waals surface area contributed by atoms with E-state index in [1.54, 1.807) is 13.0 Å². The molecule has 1 aliphatic rings. The van der Waals surface area contributed by atoms with Gasteiger partial charge >= 0.3 is 0 Å². The van der Waals surface area contributed by atoms with Crippen molar-refractivity contribution in [1.29, 1.82) is 0 Å². The Kier molecular flexibility index (Phi) is 7.20. The Balaban J connectivity index is 1.38. The molecule has 2 aromatic heterocycles. The average Bonchev–Trinajstić information content (AvgIpc) is 3.46. The molecule has 3 aromatic rings. The predicted molar refractivity (Wildman–Crippen MR) is 131 cm³/mol. The van der Waals surface area contributed by atoms with Gasteiger partial charge in [0.2, 0.25) is 27.6 Å². The second kappa shape index (κ2) is 9.97. The number of amides is 1. The molecule has 10 heteroatoms. The highest BCUT2D eigenvalue weighted by atomic mass is 32.2. The summed E-state index contributed by atoms with van der Waals surface area (Å²) in [5.41, 5.74) is 2.22. The molecule has 1 saturated heterocycles. The molecule has 0 radical (unpaired) electrons. The Hall–Kier alpha value is -2.56. The fourth-order valence-corrected chi connectivity index (χ4v) is 6.89. The first-order chi connectivity index (χ1) is 16.1. The predicted octanol–water partition coefficient (Wildman–Crippen LogP) is 4.26. The van der Waals surface area contributed by atoms with Crippen LogP contribution in [-0.4, -0.2) is 41.9 Å². The fourth-order valence-electron chi connectivity index (χ4n) is 3.94. The van der Waals surface area contributed by atoms with Crippen molar-refractivity contribution < 1.29 is 17.7 Å². The van der Waals surface area contributed by atoms with E-state index >= 15 is 0 Å². The van der Waals surface area contributed by atoms with Crippen LogP contribution in [0.1, 0.15) is 54.5 Å². The number of thiophene rings is 1. The van der Waals surface area contributed by atoms with Crippen molar-refractivity contribution in [1.82, 2.24) is 19.8 Å². The number of hydrogen-bond acceptors (Lipinski definition) is 7. The smallest absolute Gasteiger partial charge is 0.244 e. The minimum Gasteiger partial charge on any atom is -0.352 e. The van der Waals surface area contributed by atoms with Crippen LogP contribution in [0.25, 0.3) is 10.7 Å². The summed E-state index contributed by atoms with van der Waals surface area (Å²) in [6, 6.07) is 9.67. The van der Waals surface area contributed by atoms with Gasteiger partial charge in [-0.25, -0.2) is 8.42 Å². The van der Waals surface area contributed by atoms with Gasteiger partial charge in [0, 0.05) is 36.3 Å². The van der Waals surface area contributed by atoms with Gasteiger partial charge in [0.25, 0.3) is 0 Å². The van der Waals surface area contributed by atoms with Gasteiger partial charge in [-0.1, -0.05) is 48.8 Å². The number of aryl methyl sites for hydroxylation is 2. The molecule has 182 valence electrons. The molecule has 1 amide bonds. The molecule has 0 bridgehead atoms. The molecule has 0 aliphatic carbocycles. The number of carbonyl (C=O) groups excluding carboxylic acids is 1. The highest BCUT2D eigenvalue weighted by molar-refractivity contribution is 7.89. The molecule has 34 heavy (non-hydrogen) atoms. The van der Waals surface area contributed by atoms with E-state index in [4.69, 9.17) is 4.52 Å². The Morgan fingerprint density at radius 1 is 1.21 bits per heavy atom. The summed E-state index contributed by atoms with van der Waals surface area (Å²) in [7, 11) is -3.67. The Labute approximate surface area is 204 Å². The molecule has 0 saturated carbocycles. The third-order valence-corrected chi connectivity index (χ3v) is 9.26. The molecule has 0 atom stereocenters. The lowest BCUT2D eigenvalue weighted by molar-refractivity contribution is -0.126. The largest absolute Gasteiger partial charge is 0.352 e. The lowest BCUT2D eigenvalue weighted by Crippen LogP contribution is -2.42. The van der Waals surface area contributed by atoms with Crippen LogP contribution in [0.5, 0.6) is 0 Å². The van der Waals surface area contributed by atoms with Crippen molar-refractivity contribution in [3.05, 3.63) is 52.2 Å². The van der Waals surface area contributed by atoms with Gasteiger partial charge in [0.1, 0.15) is 0 Å². The van der Waals surface area contributed by atoms with Crippen molar-refractivity contribution in [3.63, 3.8) is 0 Å². The Morgan fingerprint density at radius 3 is 2.50 bits per heavy atom. The second-order valence-electron chi connectivity index (χ2n) is 9.02. The molecule has 8 nitrogen and oxygen atoms in total. The van der Waals surface area contributed by atoms with Crippen LogP contribution in [-0.2, 0) is 21.4 Å². The Morgan fingerprint density at radius 2 is 1.88 bits per heavy atom. The molecule has 4 rings (SSSR count). The first-order valence-corrected chi connectivity index (χ1v) is 13.7. The first-order valence-electron chi connectivity index (χ1n) is 11.4. The lowest BCUT2D eigenvalue weighted by atomic mass is 9.97. The number of nitrogens with one attached hydrogen (secondary N) is 1. The summed E-state index contributed by atoms with van der Waals surface area (Å²) >= 11 is 1.34. The number of benzene rings is 1. The van der Waals surface area contributed by atoms with Crippen molar-refractivity contribution in [2.75, 3.05) is 13.1 Å². The zero-order valence-corrected chi connectivity index (χ0v) is 21.5. The molecule has 0 unspecified atom stereocenters. The minimum absolute atomic E-state index is 0.0234. The summed E-state index contributed by atoms with van der Waals surface area (Å²) < 4.78 is 33.4. The molecular formula is C24H30N4O4S2. The zero-order chi connectivity index (χ0) is 24.5. The second-order valence-corrected chi connectivity index (χ2v) is 12.2. The highest BCUT2D eigenvalue weighted by Gasteiger charge is 2.34. The van der Waals surface area contributed by atoms with Crippen molar-refractivity contribution in [2.24, 2.45) is 5.92 Å². The zero-order valence-electron chi connectivity index (χ0n) is 19.9. The van der Waals surface area contributed by atoms with Gasteiger partial charge in [-0.2, -0.15) is 9.29 Å². The van der Waals surface area contributed by atoms with E-state index < -0.39 is 10.0 Å². The quantitative estimate of drug-likeness (QED) is 0.518. The standard InChI is InChI=1S/C24H30N4O4S2/c1-15(2)24-26-22(27-32-24)20-13-21(17(4)33-20)34(30,31)28-11-9-19(10-12-28)23(29)25-14-18-7-5-16(3)6-8-18/h5-8,13,15,19H,9-12,14H2,1-4H3,(H,25,29). The first kappa shape index (κ1) is 24.6. The van der Waals surface area contributed by atoms with Crippen molar-refractivity contribution in [2.45, 2.75) is 57.9 Å². The number of rotatable bonds is 7. The summed E-state index contributed by atoms with van der Waals surface area (Å²) in [6.45, 7) is 8.83. The average molecular weight is 503 g/mol. The Bertz CT molecular complexity index is 1250. The normalized spacial score (nSPS) is 15.7. The number of carbonyl (C=O) groups is 1. The van der Waals surface area contributed by atoms with E-state index in [9.17, 15) is 13.2 Å². The number of nitrogens with zero attached hydrogens (tertiary/aromatic N) is 3. The highest BCUT2D eigenvalue weighted by Crippen LogP contribution is 2.35. The van der Waals surface area contributed by atoms with Crippen LogP contribution < -0.4 is 5.32 Å². The maximum absolute atomic E-state index is 13.3. The molecule has 1 fully saturated rings. The third kappa shape index (κ3) is 5.24. The van der Waals surface area contributed by atoms with Gasteiger partial charge in [-0.05, 0) is 38.3 Å². The number of sulfonamides is 1. The number of aromatic nitrogens is 2. The van der Waals surface area contributed by atoms with Crippen LogP contribution in [0.2, 0.25) is 0 Å². The van der Waals surface area contributed by atoms with Gasteiger partial charge in [-0.15, -0.1) is 11.3 Å². The van der Waals surface area contributed by atoms with E-state index in [1.807, 2.05) is 45.0 Å². The van der Waals surface area contributed by atoms with Crippen LogP contribution in [0.3, 0.4) is 0 Å².